The molecule has 0 saturated heterocycles. The van der Waals surface area contributed by atoms with Crippen LogP contribution in [-0.4, -0.2) is 6.54 Å². The van der Waals surface area contributed by atoms with Gasteiger partial charge in [0.05, 0.1) is 0 Å². The summed E-state index contributed by atoms with van der Waals surface area (Å²) in [5, 5.41) is 3.62. The summed E-state index contributed by atoms with van der Waals surface area (Å²) in [6.07, 6.45) is 0. The molecular formula is C16H27N. The number of hydrogen-bond acceptors (Lipinski definition) is 1. The van der Waals surface area contributed by atoms with E-state index < -0.39 is 0 Å². The Hall–Kier alpha value is -0.820. The Morgan fingerprint density at radius 3 is 2.06 bits per heavy atom. The molecule has 2 atom stereocenters. The van der Waals surface area contributed by atoms with Gasteiger partial charge in [-0.15, -0.1) is 0 Å². The highest BCUT2D eigenvalue weighted by molar-refractivity contribution is 5.23. The number of nitrogens with one attached hydrogen (secondary N) is 1. The second-order valence-corrected chi connectivity index (χ2v) is 6.31. The Labute approximate surface area is 107 Å². The summed E-state index contributed by atoms with van der Waals surface area (Å²) < 4.78 is 0. The maximum Gasteiger partial charge on any atom is 0.0291 e. The van der Waals surface area contributed by atoms with Gasteiger partial charge < -0.3 is 5.32 Å². The van der Waals surface area contributed by atoms with Crippen molar-refractivity contribution < 1.29 is 0 Å². The molecule has 0 fully saturated rings. The van der Waals surface area contributed by atoms with Crippen LogP contribution >= 0.6 is 0 Å². The van der Waals surface area contributed by atoms with Gasteiger partial charge in [-0.3, -0.25) is 0 Å². The number of benzene rings is 1. The molecular weight excluding hydrogens is 206 g/mol. The van der Waals surface area contributed by atoms with Crippen molar-refractivity contribution in [2.75, 3.05) is 6.54 Å². The molecule has 0 heterocycles. The second kappa shape index (κ2) is 5.68. The van der Waals surface area contributed by atoms with Crippen LogP contribution in [0.15, 0.2) is 24.3 Å². The summed E-state index contributed by atoms with van der Waals surface area (Å²) in [4.78, 5) is 0. The normalized spacial score (nSPS) is 15.6. The van der Waals surface area contributed by atoms with Gasteiger partial charge in [-0.1, -0.05) is 57.5 Å². The Morgan fingerprint density at radius 2 is 1.59 bits per heavy atom. The average Bonchev–Trinajstić information content (AvgIpc) is 2.25. The molecule has 1 N–H and O–H groups in total. The monoisotopic (exact) mass is 233 g/mol. The lowest BCUT2D eigenvalue weighted by molar-refractivity contribution is 0.247. The SMILES string of the molecule is Cc1ccc(C(C)NCC(C)C(C)(C)C)cc1. The van der Waals surface area contributed by atoms with E-state index in [0.29, 0.717) is 17.4 Å². The van der Waals surface area contributed by atoms with Crippen LogP contribution in [0.2, 0.25) is 0 Å². The highest BCUT2D eigenvalue weighted by atomic mass is 14.9. The van der Waals surface area contributed by atoms with E-state index in [1.165, 1.54) is 11.1 Å². The topological polar surface area (TPSA) is 12.0 Å². The van der Waals surface area contributed by atoms with Crippen molar-refractivity contribution in [3.63, 3.8) is 0 Å². The van der Waals surface area contributed by atoms with Gasteiger partial charge in [-0.25, -0.2) is 0 Å². The van der Waals surface area contributed by atoms with Gasteiger partial charge in [0.2, 0.25) is 0 Å². The summed E-state index contributed by atoms with van der Waals surface area (Å²) in [6.45, 7) is 14.7. The molecule has 1 aromatic carbocycles. The zero-order chi connectivity index (χ0) is 13.1. The van der Waals surface area contributed by atoms with Gasteiger partial charge in [0, 0.05) is 6.04 Å². The second-order valence-electron chi connectivity index (χ2n) is 6.31. The summed E-state index contributed by atoms with van der Waals surface area (Å²) >= 11 is 0. The van der Waals surface area contributed by atoms with Gasteiger partial charge in [-0.05, 0) is 37.3 Å². The fourth-order valence-corrected chi connectivity index (χ4v) is 1.63. The predicted molar refractivity (Wildman–Crippen MR) is 76.2 cm³/mol. The molecule has 0 bridgehead atoms. The first-order chi connectivity index (χ1) is 7.80. The van der Waals surface area contributed by atoms with Crippen molar-refractivity contribution in [2.24, 2.45) is 11.3 Å². The van der Waals surface area contributed by atoms with E-state index in [9.17, 15) is 0 Å². The molecule has 0 aliphatic rings. The van der Waals surface area contributed by atoms with Crippen LogP contribution in [-0.2, 0) is 0 Å². The predicted octanol–water partition coefficient (Wildman–Crippen LogP) is 4.33. The molecule has 0 saturated carbocycles. The molecule has 0 spiro atoms. The molecule has 0 aromatic heterocycles. The Morgan fingerprint density at radius 1 is 1.06 bits per heavy atom. The van der Waals surface area contributed by atoms with Crippen LogP contribution in [0.3, 0.4) is 0 Å². The molecule has 1 rings (SSSR count). The van der Waals surface area contributed by atoms with Crippen molar-refractivity contribution >= 4 is 0 Å². The van der Waals surface area contributed by atoms with Crippen LogP contribution in [0, 0.1) is 18.3 Å². The van der Waals surface area contributed by atoms with Crippen molar-refractivity contribution in [2.45, 2.75) is 47.6 Å². The largest absolute Gasteiger partial charge is 0.310 e. The van der Waals surface area contributed by atoms with E-state index >= 15 is 0 Å². The zero-order valence-corrected chi connectivity index (χ0v) is 12.2. The quantitative estimate of drug-likeness (QED) is 0.816. The minimum atomic E-state index is 0.375. The summed E-state index contributed by atoms with van der Waals surface area (Å²) in [7, 11) is 0. The van der Waals surface area contributed by atoms with Crippen molar-refractivity contribution in [1.82, 2.24) is 5.32 Å². The molecule has 1 heteroatoms. The van der Waals surface area contributed by atoms with E-state index in [1.807, 2.05) is 0 Å². The molecule has 1 aromatic rings. The maximum absolute atomic E-state index is 3.62. The van der Waals surface area contributed by atoms with Gasteiger partial charge in [0.25, 0.3) is 0 Å². The lowest BCUT2D eigenvalue weighted by atomic mass is 9.82. The zero-order valence-electron chi connectivity index (χ0n) is 12.2. The van der Waals surface area contributed by atoms with E-state index in [4.69, 9.17) is 0 Å². The Bertz CT molecular complexity index is 332. The lowest BCUT2D eigenvalue weighted by Gasteiger charge is -2.29. The van der Waals surface area contributed by atoms with Crippen molar-refractivity contribution in [3.8, 4) is 0 Å². The molecule has 2 unspecified atom stereocenters. The summed E-state index contributed by atoms with van der Waals surface area (Å²) in [5.74, 6) is 0.676. The maximum atomic E-state index is 3.62. The minimum Gasteiger partial charge on any atom is -0.310 e. The van der Waals surface area contributed by atoms with Crippen LogP contribution in [0.1, 0.15) is 51.8 Å². The number of hydrogen-bond donors (Lipinski definition) is 1. The van der Waals surface area contributed by atoms with E-state index in [1.54, 1.807) is 0 Å². The molecule has 0 aliphatic heterocycles. The van der Waals surface area contributed by atoms with E-state index in [0.717, 1.165) is 6.54 Å². The first kappa shape index (κ1) is 14.2. The van der Waals surface area contributed by atoms with Crippen LogP contribution in [0.4, 0.5) is 0 Å². The molecule has 0 radical (unpaired) electrons. The van der Waals surface area contributed by atoms with Crippen molar-refractivity contribution in [1.29, 1.82) is 0 Å². The van der Waals surface area contributed by atoms with Crippen molar-refractivity contribution in [3.05, 3.63) is 35.4 Å². The van der Waals surface area contributed by atoms with E-state index in [-0.39, 0.29) is 0 Å². The number of aryl methyl sites for hydroxylation is 1. The minimum absolute atomic E-state index is 0.375. The molecule has 1 nitrogen and oxygen atoms in total. The Balaban J connectivity index is 2.50. The third-order valence-electron chi connectivity index (χ3n) is 3.79. The fraction of sp³-hybridized carbons (Fsp3) is 0.625. The summed E-state index contributed by atoms with van der Waals surface area (Å²) in [5.41, 5.74) is 3.07. The van der Waals surface area contributed by atoms with Gasteiger partial charge >= 0.3 is 0 Å². The first-order valence-electron chi connectivity index (χ1n) is 6.60. The molecule has 0 amide bonds. The standard InChI is InChI=1S/C16H27N/c1-12-7-9-15(10-8-12)14(3)17-11-13(2)16(4,5)6/h7-10,13-14,17H,11H2,1-6H3. The lowest BCUT2D eigenvalue weighted by Crippen LogP contribution is -2.31. The van der Waals surface area contributed by atoms with Gasteiger partial charge in [0.15, 0.2) is 0 Å². The fourth-order valence-electron chi connectivity index (χ4n) is 1.63. The van der Waals surface area contributed by atoms with Gasteiger partial charge in [0.1, 0.15) is 0 Å². The van der Waals surface area contributed by atoms with Gasteiger partial charge in [-0.2, -0.15) is 0 Å². The molecule has 0 aliphatic carbocycles. The average molecular weight is 233 g/mol. The third kappa shape index (κ3) is 4.51. The third-order valence-corrected chi connectivity index (χ3v) is 3.79. The highest BCUT2D eigenvalue weighted by Gasteiger charge is 2.20. The molecule has 17 heavy (non-hydrogen) atoms. The highest BCUT2D eigenvalue weighted by Crippen LogP contribution is 2.25. The van der Waals surface area contributed by atoms with Crippen LogP contribution in [0.25, 0.3) is 0 Å². The molecule has 96 valence electrons. The van der Waals surface area contributed by atoms with E-state index in [2.05, 4.69) is 71.1 Å². The Kier molecular flexibility index (Phi) is 4.76. The first-order valence-corrected chi connectivity index (χ1v) is 6.60. The number of rotatable bonds is 4. The van der Waals surface area contributed by atoms with Crippen LogP contribution in [0.5, 0.6) is 0 Å². The smallest absolute Gasteiger partial charge is 0.0291 e. The van der Waals surface area contributed by atoms with Crippen LogP contribution < -0.4 is 5.32 Å². The summed E-state index contributed by atoms with van der Waals surface area (Å²) in [6, 6.07) is 9.23.